The van der Waals surface area contributed by atoms with Crippen molar-refractivity contribution < 1.29 is 23.4 Å². The summed E-state index contributed by atoms with van der Waals surface area (Å²) in [5.41, 5.74) is -0.168. The molecule has 1 aliphatic rings. The highest BCUT2D eigenvalue weighted by Gasteiger charge is 2.39. The molecule has 0 radical (unpaired) electrons. The standard InChI is InChI=1S/C16H21F2NO3/c1-16(2,3)22-15(21)19-11(9-20)5-7-14(19)10-4-6-12(17)13(18)8-10/h4,6,8,11,14,20H,5,7,9H2,1-3H3. The molecule has 1 aliphatic heterocycles. The molecule has 0 aromatic heterocycles. The Morgan fingerprint density at radius 2 is 2.00 bits per heavy atom. The van der Waals surface area contributed by atoms with E-state index in [1.165, 1.54) is 11.0 Å². The lowest BCUT2D eigenvalue weighted by Gasteiger charge is -2.32. The van der Waals surface area contributed by atoms with Crippen molar-refractivity contribution in [3.63, 3.8) is 0 Å². The summed E-state index contributed by atoms with van der Waals surface area (Å²) < 4.78 is 31.9. The maximum Gasteiger partial charge on any atom is 0.411 e. The predicted molar refractivity (Wildman–Crippen MR) is 77.3 cm³/mol. The molecule has 6 heteroatoms. The van der Waals surface area contributed by atoms with Gasteiger partial charge in [-0.2, -0.15) is 0 Å². The fraction of sp³-hybridized carbons (Fsp3) is 0.562. The second-order valence-corrected chi connectivity index (χ2v) is 6.49. The third-order valence-corrected chi connectivity index (χ3v) is 3.65. The van der Waals surface area contributed by atoms with Crippen LogP contribution in [0, 0.1) is 11.6 Å². The number of halogens is 2. The quantitative estimate of drug-likeness (QED) is 0.910. The van der Waals surface area contributed by atoms with Crippen molar-refractivity contribution in [3.05, 3.63) is 35.4 Å². The van der Waals surface area contributed by atoms with E-state index in [2.05, 4.69) is 0 Å². The van der Waals surface area contributed by atoms with Crippen molar-refractivity contribution in [2.45, 2.75) is 51.3 Å². The van der Waals surface area contributed by atoms with Gasteiger partial charge in [-0.3, -0.25) is 4.90 Å². The normalized spacial score (nSPS) is 22.0. The number of carbonyl (C=O) groups is 1. The van der Waals surface area contributed by atoms with Crippen molar-refractivity contribution in [1.82, 2.24) is 4.90 Å². The van der Waals surface area contributed by atoms with Crippen molar-refractivity contribution in [1.29, 1.82) is 0 Å². The molecule has 2 unspecified atom stereocenters. The number of benzene rings is 1. The summed E-state index contributed by atoms with van der Waals surface area (Å²) in [4.78, 5) is 13.8. The Kier molecular flexibility index (Phi) is 4.70. The van der Waals surface area contributed by atoms with Crippen LogP contribution in [-0.4, -0.2) is 34.3 Å². The van der Waals surface area contributed by atoms with Gasteiger partial charge in [0.05, 0.1) is 18.7 Å². The van der Waals surface area contributed by atoms with E-state index >= 15 is 0 Å². The Balaban J connectivity index is 2.29. The molecule has 1 heterocycles. The Bertz CT molecular complexity index is 557. The second-order valence-electron chi connectivity index (χ2n) is 6.49. The predicted octanol–water partition coefficient (Wildman–Crippen LogP) is 3.40. The number of ether oxygens (including phenoxy) is 1. The molecule has 1 amide bonds. The number of hydrogen-bond donors (Lipinski definition) is 1. The van der Waals surface area contributed by atoms with E-state index in [-0.39, 0.29) is 12.6 Å². The van der Waals surface area contributed by atoms with Crippen LogP contribution in [-0.2, 0) is 4.74 Å². The number of aliphatic hydroxyl groups excluding tert-OH is 1. The number of aliphatic hydroxyl groups is 1. The molecule has 1 saturated heterocycles. The highest BCUT2D eigenvalue weighted by molar-refractivity contribution is 5.70. The van der Waals surface area contributed by atoms with Crippen LogP contribution in [0.2, 0.25) is 0 Å². The fourth-order valence-corrected chi connectivity index (χ4v) is 2.70. The average Bonchev–Trinajstić information content (AvgIpc) is 2.84. The van der Waals surface area contributed by atoms with Gasteiger partial charge >= 0.3 is 6.09 Å². The van der Waals surface area contributed by atoms with E-state index in [1.54, 1.807) is 20.8 Å². The van der Waals surface area contributed by atoms with Gasteiger partial charge in [-0.25, -0.2) is 13.6 Å². The first-order chi connectivity index (χ1) is 10.2. The summed E-state index contributed by atoms with van der Waals surface area (Å²) in [7, 11) is 0. The van der Waals surface area contributed by atoms with Crippen LogP contribution < -0.4 is 0 Å². The van der Waals surface area contributed by atoms with Crippen molar-refractivity contribution in [3.8, 4) is 0 Å². The van der Waals surface area contributed by atoms with Crippen LogP contribution in [0.1, 0.15) is 45.2 Å². The number of nitrogens with zero attached hydrogens (tertiary/aromatic N) is 1. The van der Waals surface area contributed by atoms with Gasteiger partial charge < -0.3 is 9.84 Å². The zero-order chi connectivity index (χ0) is 16.5. The Morgan fingerprint density at radius 1 is 1.32 bits per heavy atom. The first-order valence-electron chi connectivity index (χ1n) is 7.30. The van der Waals surface area contributed by atoms with Gasteiger partial charge in [0, 0.05) is 0 Å². The highest BCUT2D eigenvalue weighted by Crippen LogP contribution is 2.37. The summed E-state index contributed by atoms with van der Waals surface area (Å²) in [6.45, 7) is 5.06. The minimum Gasteiger partial charge on any atom is -0.444 e. The van der Waals surface area contributed by atoms with E-state index in [1.807, 2.05) is 0 Å². The summed E-state index contributed by atoms with van der Waals surface area (Å²) in [5.74, 6) is -1.88. The summed E-state index contributed by atoms with van der Waals surface area (Å²) in [6, 6.07) is 2.79. The zero-order valence-corrected chi connectivity index (χ0v) is 13.0. The van der Waals surface area contributed by atoms with Gasteiger partial charge in [-0.15, -0.1) is 0 Å². The lowest BCUT2D eigenvalue weighted by molar-refractivity contribution is 0.00865. The molecule has 122 valence electrons. The van der Waals surface area contributed by atoms with Gasteiger partial charge in [0.25, 0.3) is 0 Å². The van der Waals surface area contributed by atoms with Gasteiger partial charge in [0.2, 0.25) is 0 Å². The van der Waals surface area contributed by atoms with Crippen molar-refractivity contribution in [2.75, 3.05) is 6.61 Å². The summed E-state index contributed by atoms with van der Waals surface area (Å²) >= 11 is 0. The lowest BCUT2D eigenvalue weighted by Crippen LogP contribution is -2.42. The van der Waals surface area contributed by atoms with Crippen LogP contribution in [0.5, 0.6) is 0 Å². The molecule has 0 saturated carbocycles. The largest absolute Gasteiger partial charge is 0.444 e. The van der Waals surface area contributed by atoms with Crippen LogP contribution >= 0.6 is 0 Å². The molecule has 2 atom stereocenters. The molecule has 1 N–H and O–H groups in total. The number of hydrogen-bond acceptors (Lipinski definition) is 3. The molecule has 0 aliphatic carbocycles. The zero-order valence-electron chi connectivity index (χ0n) is 13.0. The number of likely N-dealkylation sites (tertiary alicyclic amines) is 1. The van der Waals surface area contributed by atoms with E-state index < -0.39 is 29.4 Å². The second kappa shape index (κ2) is 6.20. The molecule has 0 bridgehead atoms. The van der Waals surface area contributed by atoms with Crippen molar-refractivity contribution in [2.24, 2.45) is 0 Å². The number of rotatable bonds is 2. The first kappa shape index (κ1) is 16.7. The Labute approximate surface area is 128 Å². The number of amides is 1. The smallest absolute Gasteiger partial charge is 0.411 e. The van der Waals surface area contributed by atoms with Crippen LogP contribution in [0.25, 0.3) is 0 Å². The molecule has 2 rings (SSSR count). The maximum atomic E-state index is 13.5. The summed E-state index contributed by atoms with van der Waals surface area (Å²) in [5, 5.41) is 9.46. The molecule has 0 spiro atoms. The number of carbonyl (C=O) groups excluding carboxylic acids is 1. The van der Waals surface area contributed by atoms with Gasteiger partial charge in [-0.05, 0) is 51.3 Å². The van der Waals surface area contributed by atoms with Gasteiger partial charge in [0.15, 0.2) is 11.6 Å². The third kappa shape index (κ3) is 3.55. The molecular weight excluding hydrogens is 292 g/mol. The molecule has 1 aromatic rings. The molecular formula is C16H21F2NO3. The molecule has 4 nitrogen and oxygen atoms in total. The van der Waals surface area contributed by atoms with Crippen LogP contribution in [0.4, 0.5) is 13.6 Å². The minimum absolute atomic E-state index is 0.195. The van der Waals surface area contributed by atoms with Gasteiger partial charge in [-0.1, -0.05) is 6.07 Å². The van der Waals surface area contributed by atoms with Crippen LogP contribution in [0.15, 0.2) is 18.2 Å². The molecule has 1 fully saturated rings. The maximum absolute atomic E-state index is 13.5. The lowest BCUT2D eigenvalue weighted by atomic mass is 10.0. The fourth-order valence-electron chi connectivity index (χ4n) is 2.70. The average molecular weight is 313 g/mol. The topological polar surface area (TPSA) is 49.8 Å². The van der Waals surface area contributed by atoms with E-state index in [0.29, 0.717) is 18.4 Å². The monoisotopic (exact) mass is 313 g/mol. The van der Waals surface area contributed by atoms with Gasteiger partial charge in [0.1, 0.15) is 5.60 Å². The van der Waals surface area contributed by atoms with E-state index in [4.69, 9.17) is 4.74 Å². The molecule has 22 heavy (non-hydrogen) atoms. The molecule has 1 aromatic carbocycles. The SMILES string of the molecule is CC(C)(C)OC(=O)N1C(CO)CCC1c1ccc(F)c(F)c1. The third-order valence-electron chi connectivity index (χ3n) is 3.65. The first-order valence-corrected chi connectivity index (χ1v) is 7.30. The summed E-state index contributed by atoms with van der Waals surface area (Å²) in [6.07, 6.45) is 0.591. The van der Waals surface area contributed by atoms with Crippen molar-refractivity contribution >= 4 is 6.09 Å². The highest BCUT2D eigenvalue weighted by atomic mass is 19.2. The van der Waals surface area contributed by atoms with Crippen LogP contribution in [0.3, 0.4) is 0 Å². The Morgan fingerprint density at radius 3 is 2.55 bits per heavy atom. The minimum atomic E-state index is -0.950. The van der Waals surface area contributed by atoms with E-state index in [9.17, 15) is 18.7 Å². The van der Waals surface area contributed by atoms with E-state index in [0.717, 1.165) is 12.1 Å². The Hall–Kier alpha value is -1.69.